The lowest BCUT2D eigenvalue weighted by molar-refractivity contribution is -0.198. The number of urea groups is 1. The van der Waals surface area contributed by atoms with E-state index in [1.54, 1.807) is 12.1 Å². The van der Waals surface area contributed by atoms with Crippen molar-refractivity contribution in [2.75, 3.05) is 12.4 Å². The van der Waals surface area contributed by atoms with Crippen LogP contribution in [0.5, 0.6) is 5.88 Å². The molecule has 0 aliphatic rings. The number of carbonyl (C=O) groups excluding carboxylic acids is 2. The van der Waals surface area contributed by atoms with Gasteiger partial charge in [-0.25, -0.2) is 9.78 Å². The largest absolute Gasteiger partial charge is 0.460 e. The summed E-state index contributed by atoms with van der Waals surface area (Å²) >= 11 is 5.94. The van der Waals surface area contributed by atoms with Crippen molar-refractivity contribution >= 4 is 29.2 Å². The fraction of sp³-hybridized carbons (Fsp3) is 0.208. The molecule has 35 heavy (non-hydrogen) atoms. The van der Waals surface area contributed by atoms with E-state index in [9.17, 15) is 22.8 Å². The summed E-state index contributed by atoms with van der Waals surface area (Å²) in [4.78, 5) is 28.3. The molecule has 2 aromatic carbocycles. The van der Waals surface area contributed by atoms with Crippen LogP contribution in [0.25, 0.3) is 0 Å². The highest BCUT2D eigenvalue weighted by Gasteiger charge is 2.43. The molecule has 3 aromatic rings. The van der Waals surface area contributed by atoms with Crippen LogP contribution in [0.1, 0.15) is 33.2 Å². The van der Waals surface area contributed by atoms with Crippen LogP contribution in [-0.4, -0.2) is 30.2 Å². The van der Waals surface area contributed by atoms with Gasteiger partial charge in [0.05, 0.1) is 29.1 Å². The quantitative estimate of drug-likeness (QED) is 0.420. The maximum Gasteiger partial charge on any atom is 0.429 e. The highest BCUT2D eigenvalue weighted by Crippen LogP contribution is 2.37. The number of ether oxygens (including phenoxy) is 2. The average Bonchev–Trinajstić information content (AvgIpc) is 2.79. The number of halogens is 4. The first-order valence-electron chi connectivity index (χ1n) is 10.2. The standard InChI is InChI=1S/C24H21ClF3N3O4/c1-14-11-17(30-23(33)31-21(32)18-5-3-4-6-19(18)25)12-29-22(14)35-20(24(26,27)28)16-9-7-15(8-10-16)13-34-2/h3-12,20H,13H2,1-2H3,(H2,30,31,32,33). The molecule has 0 saturated carbocycles. The zero-order valence-electron chi connectivity index (χ0n) is 18.7. The molecule has 0 aliphatic heterocycles. The molecule has 0 fully saturated rings. The Hall–Kier alpha value is -3.63. The van der Waals surface area contributed by atoms with Gasteiger partial charge in [-0.15, -0.1) is 0 Å². The summed E-state index contributed by atoms with van der Waals surface area (Å²) < 4.78 is 51.4. The third-order valence-electron chi connectivity index (χ3n) is 4.75. The fourth-order valence-corrected chi connectivity index (χ4v) is 3.34. The van der Waals surface area contributed by atoms with E-state index in [-0.39, 0.29) is 39.9 Å². The fourth-order valence-electron chi connectivity index (χ4n) is 3.12. The summed E-state index contributed by atoms with van der Waals surface area (Å²) in [6.07, 6.45) is -5.83. The number of amides is 3. The Morgan fingerprint density at radius 1 is 1.11 bits per heavy atom. The minimum absolute atomic E-state index is 0.0989. The minimum atomic E-state index is -4.70. The van der Waals surface area contributed by atoms with Crippen LogP contribution in [0.3, 0.4) is 0 Å². The number of hydrogen-bond acceptors (Lipinski definition) is 5. The van der Waals surface area contributed by atoms with E-state index in [2.05, 4.69) is 15.6 Å². The number of aromatic nitrogens is 1. The van der Waals surface area contributed by atoms with Crippen molar-refractivity contribution in [3.63, 3.8) is 0 Å². The number of benzene rings is 2. The molecule has 184 valence electrons. The molecule has 0 radical (unpaired) electrons. The van der Waals surface area contributed by atoms with E-state index >= 15 is 0 Å². The molecule has 11 heteroatoms. The van der Waals surface area contributed by atoms with Crippen LogP contribution in [-0.2, 0) is 11.3 Å². The van der Waals surface area contributed by atoms with Gasteiger partial charge in [0.2, 0.25) is 12.0 Å². The molecule has 2 N–H and O–H groups in total. The van der Waals surface area contributed by atoms with E-state index in [1.165, 1.54) is 56.5 Å². The van der Waals surface area contributed by atoms with Crippen molar-refractivity contribution in [2.45, 2.75) is 25.8 Å². The van der Waals surface area contributed by atoms with Gasteiger partial charge in [0, 0.05) is 18.2 Å². The number of carbonyl (C=O) groups is 2. The first kappa shape index (κ1) is 26.0. The molecule has 7 nitrogen and oxygen atoms in total. The molecule has 1 unspecified atom stereocenters. The first-order chi connectivity index (χ1) is 16.6. The smallest absolute Gasteiger partial charge is 0.429 e. The van der Waals surface area contributed by atoms with E-state index < -0.39 is 24.2 Å². The van der Waals surface area contributed by atoms with Crippen molar-refractivity contribution in [3.8, 4) is 5.88 Å². The Bertz CT molecular complexity index is 1200. The summed E-state index contributed by atoms with van der Waals surface area (Å²) in [5, 5.41) is 4.68. The second-order valence-electron chi connectivity index (χ2n) is 7.45. The average molecular weight is 508 g/mol. The predicted octanol–water partition coefficient (Wildman–Crippen LogP) is 5.83. The summed E-state index contributed by atoms with van der Waals surface area (Å²) in [5.74, 6) is -0.978. The Labute approximate surface area is 204 Å². The number of nitrogens with one attached hydrogen (secondary N) is 2. The summed E-state index contributed by atoms with van der Waals surface area (Å²) in [5.41, 5.74) is 1.11. The van der Waals surface area contributed by atoms with Crippen LogP contribution >= 0.6 is 11.6 Å². The van der Waals surface area contributed by atoms with Crippen molar-refractivity contribution in [1.82, 2.24) is 10.3 Å². The normalized spacial score (nSPS) is 12.1. The topological polar surface area (TPSA) is 89.6 Å². The molecule has 1 aromatic heterocycles. The molecule has 0 bridgehead atoms. The number of pyridine rings is 1. The lowest BCUT2D eigenvalue weighted by Crippen LogP contribution is -2.34. The molecule has 0 spiro atoms. The van der Waals surface area contributed by atoms with Crippen molar-refractivity contribution in [2.24, 2.45) is 0 Å². The summed E-state index contributed by atoms with van der Waals surface area (Å²) in [7, 11) is 1.49. The molecule has 1 heterocycles. The minimum Gasteiger partial charge on any atom is -0.460 e. The SMILES string of the molecule is COCc1ccc(C(Oc2ncc(NC(=O)NC(=O)c3ccccc3Cl)cc2C)C(F)(F)F)cc1. The molecule has 3 amide bonds. The molecule has 0 aliphatic carbocycles. The summed E-state index contributed by atoms with van der Waals surface area (Å²) in [6.45, 7) is 1.75. The Morgan fingerprint density at radius 3 is 2.40 bits per heavy atom. The van der Waals surface area contributed by atoms with Crippen LogP contribution in [0.4, 0.5) is 23.7 Å². The molecule has 1 atom stereocenters. The van der Waals surface area contributed by atoms with Crippen molar-refractivity contribution in [3.05, 3.63) is 88.1 Å². The number of nitrogens with zero attached hydrogens (tertiary/aromatic N) is 1. The van der Waals surface area contributed by atoms with Gasteiger partial charge in [-0.1, -0.05) is 48.0 Å². The van der Waals surface area contributed by atoms with Gasteiger partial charge in [0.25, 0.3) is 5.91 Å². The third kappa shape index (κ3) is 6.93. The van der Waals surface area contributed by atoms with Crippen LogP contribution < -0.4 is 15.4 Å². The number of rotatable bonds is 7. The second-order valence-corrected chi connectivity index (χ2v) is 7.86. The molecule has 3 rings (SSSR count). The zero-order chi connectivity index (χ0) is 25.6. The predicted molar refractivity (Wildman–Crippen MR) is 123 cm³/mol. The lowest BCUT2D eigenvalue weighted by atomic mass is 10.1. The number of alkyl halides is 3. The lowest BCUT2D eigenvalue weighted by Gasteiger charge is -2.23. The maximum absolute atomic E-state index is 13.7. The third-order valence-corrected chi connectivity index (χ3v) is 5.08. The second kappa shape index (κ2) is 11.2. The highest BCUT2D eigenvalue weighted by molar-refractivity contribution is 6.34. The number of aryl methyl sites for hydroxylation is 1. The van der Waals surface area contributed by atoms with Crippen LogP contribution in [0.2, 0.25) is 5.02 Å². The van der Waals surface area contributed by atoms with Crippen LogP contribution in [0, 0.1) is 6.92 Å². The van der Waals surface area contributed by atoms with E-state index in [1.807, 2.05) is 0 Å². The van der Waals surface area contributed by atoms with Gasteiger partial charge in [0.1, 0.15) is 0 Å². The number of methoxy groups -OCH3 is 1. The monoisotopic (exact) mass is 507 g/mol. The van der Waals surface area contributed by atoms with E-state index in [0.717, 1.165) is 6.20 Å². The van der Waals surface area contributed by atoms with E-state index in [0.29, 0.717) is 5.56 Å². The molecular formula is C24H21ClF3N3O4. The van der Waals surface area contributed by atoms with Crippen molar-refractivity contribution < 1.29 is 32.2 Å². The van der Waals surface area contributed by atoms with Gasteiger partial charge >= 0.3 is 12.2 Å². The number of imide groups is 1. The molecular weight excluding hydrogens is 487 g/mol. The molecule has 0 saturated heterocycles. The Kier molecular flexibility index (Phi) is 8.31. The van der Waals surface area contributed by atoms with Crippen molar-refractivity contribution in [1.29, 1.82) is 0 Å². The van der Waals surface area contributed by atoms with Gasteiger partial charge in [-0.3, -0.25) is 10.1 Å². The first-order valence-corrected chi connectivity index (χ1v) is 10.6. The number of hydrogen-bond donors (Lipinski definition) is 2. The van der Waals surface area contributed by atoms with Gasteiger partial charge < -0.3 is 14.8 Å². The number of anilines is 1. The maximum atomic E-state index is 13.7. The van der Waals surface area contributed by atoms with Gasteiger partial charge in [-0.05, 0) is 30.7 Å². The highest BCUT2D eigenvalue weighted by atomic mass is 35.5. The Balaban J connectivity index is 1.70. The Morgan fingerprint density at radius 2 is 1.80 bits per heavy atom. The zero-order valence-corrected chi connectivity index (χ0v) is 19.4. The van der Waals surface area contributed by atoms with Crippen LogP contribution in [0.15, 0.2) is 60.8 Å². The van der Waals surface area contributed by atoms with E-state index in [4.69, 9.17) is 21.1 Å². The van der Waals surface area contributed by atoms with Gasteiger partial charge in [-0.2, -0.15) is 13.2 Å². The summed E-state index contributed by atoms with van der Waals surface area (Å²) in [6, 6.07) is 12.4. The van der Waals surface area contributed by atoms with Gasteiger partial charge in [0.15, 0.2) is 0 Å².